The molecule has 2 heterocycles. The first-order valence-electron chi connectivity index (χ1n) is 5.76. The third kappa shape index (κ3) is 3.37. The fourth-order valence-electron chi connectivity index (χ4n) is 1.68. The van der Waals surface area contributed by atoms with E-state index in [-0.39, 0.29) is 0 Å². The summed E-state index contributed by atoms with van der Waals surface area (Å²) in [6.45, 7) is 3.39. The van der Waals surface area contributed by atoms with Crippen molar-refractivity contribution in [2.75, 3.05) is 0 Å². The number of rotatable bonds is 4. The summed E-state index contributed by atoms with van der Waals surface area (Å²) in [5, 5.41) is 12.0. The Hall–Kier alpha value is -2.25. The molecule has 2 aromatic rings. The zero-order chi connectivity index (χ0) is 12.8. The van der Waals surface area contributed by atoms with Gasteiger partial charge in [-0.15, -0.1) is 0 Å². The molecular weight excluding hydrogens is 224 g/mol. The SMILES string of the molecule is Cc1cccc(CNCc2ccnc(C#N)c2)n1. The van der Waals surface area contributed by atoms with Crippen LogP contribution in [0.25, 0.3) is 0 Å². The van der Waals surface area contributed by atoms with Gasteiger partial charge in [-0.1, -0.05) is 6.07 Å². The van der Waals surface area contributed by atoms with E-state index in [1.165, 1.54) is 0 Å². The first kappa shape index (κ1) is 12.2. The maximum atomic E-state index is 8.75. The van der Waals surface area contributed by atoms with Gasteiger partial charge in [0.05, 0.1) is 5.69 Å². The first-order valence-corrected chi connectivity index (χ1v) is 5.76. The molecule has 0 aliphatic heterocycles. The van der Waals surface area contributed by atoms with Gasteiger partial charge in [-0.2, -0.15) is 5.26 Å². The monoisotopic (exact) mass is 238 g/mol. The lowest BCUT2D eigenvalue weighted by Crippen LogP contribution is -2.14. The average molecular weight is 238 g/mol. The van der Waals surface area contributed by atoms with Crippen LogP contribution in [0, 0.1) is 18.3 Å². The van der Waals surface area contributed by atoms with E-state index in [4.69, 9.17) is 5.26 Å². The highest BCUT2D eigenvalue weighted by molar-refractivity contribution is 5.25. The van der Waals surface area contributed by atoms with Crippen molar-refractivity contribution in [3.63, 3.8) is 0 Å². The third-order valence-corrected chi connectivity index (χ3v) is 2.52. The number of nitrogens with zero attached hydrogens (tertiary/aromatic N) is 3. The first-order chi connectivity index (χ1) is 8.78. The Labute approximate surface area is 106 Å². The van der Waals surface area contributed by atoms with Crippen molar-refractivity contribution in [1.82, 2.24) is 15.3 Å². The molecule has 0 radical (unpaired) electrons. The Morgan fingerprint density at radius 3 is 2.94 bits per heavy atom. The van der Waals surface area contributed by atoms with Gasteiger partial charge in [0.15, 0.2) is 0 Å². The lowest BCUT2D eigenvalue weighted by Gasteiger charge is -2.05. The van der Waals surface area contributed by atoms with E-state index in [2.05, 4.69) is 15.3 Å². The molecule has 0 aromatic carbocycles. The van der Waals surface area contributed by atoms with Crippen LogP contribution in [0.5, 0.6) is 0 Å². The molecule has 90 valence electrons. The maximum absolute atomic E-state index is 8.75. The largest absolute Gasteiger partial charge is 0.307 e. The van der Waals surface area contributed by atoms with Crippen molar-refractivity contribution in [2.24, 2.45) is 0 Å². The second kappa shape index (κ2) is 5.89. The van der Waals surface area contributed by atoms with Crippen LogP contribution in [0.1, 0.15) is 22.6 Å². The fourth-order valence-corrected chi connectivity index (χ4v) is 1.68. The molecule has 0 spiro atoms. The maximum Gasteiger partial charge on any atom is 0.140 e. The minimum Gasteiger partial charge on any atom is -0.307 e. The van der Waals surface area contributed by atoms with Gasteiger partial charge < -0.3 is 5.32 Å². The van der Waals surface area contributed by atoms with Crippen molar-refractivity contribution in [2.45, 2.75) is 20.0 Å². The summed E-state index contributed by atoms with van der Waals surface area (Å²) < 4.78 is 0. The zero-order valence-electron chi connectivity index (χ0n) is 10.2. The van der Waals surface area contributed by atoms with Gasteiger partial charge >= 0.3 is 0 Å². The molecular formula is C14H14N4. The van der Waals surface area contributed by atoms with Gasteiger partial charge in [-0.05, 0) is 36.8 Å². The summed E-state index contributed by atoms with van der Waals surface area (Å²) in [5.41, 5.74) is 3.53. The summed E-state index contributed by atoms with van der Waals surface area (Å²) in [4.78, 5) is 8.35. The molecule has 4 heteroatoms. The number of nitriles is 1. The summed E-state index contributed by atoms with van der Waals surface area (Å²) in [6.07, 6.45) is 1.65. The van der Waals surface area contributed by atoms with Crippen molar-refractivity contribution in [1.29, 1.82) is 5.26 Å². The molecule has 18 heavy (non-hydrogen) atoms. The zero-order valence-corrected chi connectivity index (χ0v) is 10.2. The summed E-state index contributed by atoms with van der Waals surface area (Å²) in [5.74, 6) is 0. The Balaban J connectivity index is 1.90. The van der Waals surface area contributed by atoms with Crippen LogP contribution in [0.15, 0.2) is 36.5 Å². The third-order valence-electron chi connectivity index (χ3n) is 2.52. The fraction of sp³-hybridized carbons (Fsp3) is 0.214. The molecule has 0 fully saturated rings. The van der Waals surface area contributed by atoms with E-state index < -0.39 is 0 Å². The second-order valence-corrected chi connectivity index (χ2v) is 4.03. The van der Waals surface area contributed by atoms with Crippen LogP contribution in [-0.2, 0) is 13.1 Å². The lowest BCUT2D eigenvalue weighted by molar-refractivity contribution is 0.677. The molecule has 0 atom stereocenters. The normalized spacial score (nSPS) is 10.0. The molecule has 0 saturated carbocycles. The Bertz CT molecular complexity index is 572. The van der Waals surface area contributed by atoms with Crippen LogP contribution in [0.2, 0.25) is 0 Å². The molecule has 4 nitrogen and oxygen atoms in total. The van der Waals surface area contributed by atoms with Gasteiger partial charge in [0.1, 0.15) is 11.8 Å². The highest BCUT2D eigenvalue weighted by Crippen LogP contribution is 2.02. The number of hydrogen-bond acceptors (Lipinski definition) is 4. The number of hydrogen-bond donors (Lipinski definition) is 1. The molecule has 0 aliphatic carbocycles. The van der Waals surface area contributed by atoms with E-state index in [1.54, 1.807) is 12.3 Å². The van der Waals surface area contributed by atoms with E-state index in [0.29, 0.717) is 18.8 Å². The number of aromatic nitrogens is 2. The molecule has 2 aromatic heterocycles. The number of nitrogens with one attached hydrogen (secondary N) is 1. The summed E-state index contributed by atoms with van der Waals surface area (Å²) >= 11 is 0. The molecule has 0 amide bonds. The van der Waals surface area contributed by atoms with E-state index >= 15 is 0 Å². The Morgan fingerprint density at radius 2 is 2.17 bits per heavy atom. The number of aryl methyl sites for hydroxylation is 1. The predicted octanol–water partition coefficient (Wildman–Crippen LogP) is 1.95. The van der Waals surface area contributed by atoms with Crippen LogP contribution in [-0.4, -0.2) is 9.97 Å². The smallest absolute Gasteiger partial charge is 0.140 e. The van der Waals surface area contributed by atoms with E-state index in [9.17, 15) is 0 Å². The van der Waals surface area contributed by atoms with Crippen LogP contribution >= 0.6 is 0 Å². The molecule has 1 N–H and O–H groups in total. The molecule has 0 aliphatic rings. The summed E-state index contributed by atoms with van der Waals surface area (Å²) in [7, 11) is 0. The number of pyridine rings is 2. The van der Waals surface area contributed by atoms with E-state index in [0.717, 1.165) is 17.0 Å². The average Bonchev–Trinajstić information content (AvgIpc) is 2.39. The highest BCUT2D eigenvalue weighted by atomic mass is 14.9. The van der Waals surface area contributed by atoms with Crippen molar-refractivity contribution in [3.05, 3.63) is 59.2 Å². The quantitative estimate of drug-likeness (QED) is 0.884. The van der Waals surface area contributed by atoms with Gasteiger partial charge in [0.2, 0.25) is 0 Å². The Kier molecular flexibility index (Phi) is 4.00. The predicted molar refractivity (Wildman–Crippen MR) is 68.5 cm³/mol. The van der Waals surface area contributed by atoms with Crippen LogP contribution in [0.4, 0.5) is 0 Å². The molecule has 0 unspecified atom stereocenters. The molecule has 0 bridgehead atoms. The van der Waals surface area contributed by atoms with Crippen LogP contribution < -0.4 is 5.32 Å². The molecule has 0 saturated heterocycles. The minimum absolute atomic E-state index is 0.447. The minimum atomic E-state index is 0.447. The van der Waals surface area contributed by atoms with Gasteiger partial charge in [-0.3, -0.25) is 4.98 Å². The Morgan fingerprint density at radius 1 is 1.28 bits per heavy atom. The summed E-state index contributed by atoms with van der Waals surface area (Å²) in [6, 6.07) is 11.7. The highest BCUT2D eigenvalue weighted by Gasteiger charge is 1.98. The second-order valence-electron chi connectivity index (χ2n) is 4.03. The van der Waals surface area contributed by atoms with E-state index in [1.807, 2.05) is 37.3 Å². The standard InChI is InChI=1S/C14H14N4/c1-11-3-2-4-13(18-11)10-16-9-12-5-6-17-14(7-12)8-15/h2-7,16H,9-10H2,1H3. The van der Waals surface area contributed by atoms with Gasteiger partial charge in [-0.25, -0.2) is 4.98 Å². The lowest BCUT2D eigenvalue weighted by atomic mass is 10.2. The van der Waals surface area contributed by atoms with Crippen molar-refractivity contribution in [3.8, 4) is 6.07 Å². The van der Waals surface area contributed by atoms with Gasteiger partial charge in [0.25, 0.3) is 0 Å². The van der Waals surface area contributed by atoms with Crippen LogP contribution in [0.3, 0.4) is 0 Å². The van der Waals surface area contributed by atoms with Gasteiger partial charge in [0, 0.05) is 25.0 Å². The van der Waals surface area contributed by atoms with Crippen molar-refractivity contribution < 1.29 is 0 Å². The topological polar surface area (TPSA) is 61.6 Å². The molecule has 2 rings (SSSR count). The van der Waals surface area contributed by atoms with Crippen molar-refractivity contribution >= 4 is 0 Å².